The minimum atomic E-state index is 0.686. The minimum absolute atomic E-state index is 0.686. The molecule has 2 heterocycles. The highest BCUT2D eigenvalue weighted by Gasteiger charge is 2.09. The molecule has 106 valence electrons. The number of rotatable bonds is 2. The molecule has 0 fully saturated rings. The van der Waals surface area contributed by atoms with E-state index in [1.165, 1.54) is 0 Å². The fraction of sp³-hybridized carbons (Fsp3) is 0. The van der Waals surface area contributed by atoms with Crippen molar-refractivity contribution in [1.82, 2.24) is 20.0 Å². The third-order valence-electron chi connectivity index (χ3n) is 3.44. The largest absolute Gasteiger partial charge is 0.226 e. The van der Waals surface area contributed by atoms with Gasteiger partial charge in [0, 0.05) is 10.6 Å². The van der Waals surface area contributed by atoms with E-state index in [9.17, 15) is 0 Å². The molecule has 4 nitrogen and oxygen atoms in total. The average Bonchev–Trinajstić information content (AvgIpc) is 2.99. The summed E-state index contributed by atoms with van der Waals surface area (Å²) in [6.45, 7) is 0. The van der Waals surface area contributed by atoms with Crippen molar-refractivity contribution in [3.8, 4) is 16.9 Å². The van der Waals surface area contributed by atoms with Gasteiger partial charge in [0.2, 0.25) is 0 Å². The number of fused-ring (bicyclic) bond motifs is 1. The van der Waals surface area contributed by atoms with Gasteiger partial charge in [-0.2, -0.15) is 4.68 Å². The molecule has 0 aliphatic heterocycles. The van der Waals surface area contributed by atoms with Gasteiger partial charge >= 0.3 is 0 Å². The summed E-state index contributed by atoms with van der Waals surface area (Å²) in [5, 5.41) is 9.05. The van der Waals surface area contributed by atoms with Gasteiger partial charge in [-0.3, -0.25) is 0 Å². The van der Waals surface area contributed by atoms with Crippen LogP contribution in [0.1, 0.15) is 0 Å². The highest BCUT2D eigenvalue weighted by molar-refractivity contribution is 6.30. The third-order valence-corrected chi connectivity index (χ3v) is 3.69. The lowest BCUT2D eigenvalue weighted by Crippen LogP contribution is -1.98. The molecule has 0 saturated carbocycles. The van der Waals surface area contributed by atoms with Crippen LogP contribution in [-0.2, 0) is 0 Å². The Labute approximate surface area is 132 Å². The van der Waals surface area contributed by atoms with E-state index in [1.807, 2.05) is 66.7 Å². The zero-order valence-electron chi connectivity index (χ0n) is 11.5. The Kier molecular flexibility index (Phi) is 3.09. The first-order chi connectivity index (χ1) is 10.8. The first kappa shape index (κ1) is 13.0. The van der Waals surface area contributed by atoms with Crippen LogP contribution in [0.4, 0.5) is 0 Å². The molecule has 22 heavy (non-hydrogen) atoms. The van der Waals surface area contributed by atoms with Gasteiger partial charge in [-0.25, -0.2) is 4.98 Å². The highest BCUT2D eigenvalue weighted by Crippen LogP contribution is 2.21. The lowest BCUT2D eigenvalue weighted by Gasteiger charge is -2.04. The molecular weight excluding hydrogens is 296 g/mol. The lowest BCUT2D eigenvalue weighted by atomic mass is 10.1. The summed E-state index contributed by atoms with van der Waals surface area (Å²) in [5.74, 6) is 0. The molecular formula is C17H11ClN4. The molecule has 0 spiro atoms. The molecule has 0 unspecified atom stereocenters. The number of aromatic nitrogens is 4. The zero-order chi connectivity index (χ0) is 14.9. The van der Waals surface area contributed by atoms with E-state index in [-0.39, 0.29) is 0 Å². The molecule has 2 aromatic carbocycles. The molecule has 4 rings (SSSR count). The van der Waals surface area contributed by atoms with Crippen molar-refractivity contribution in [2.45, 2.75) is 0 Å². The van der Waals surface area contributed by atoms with Gasteiger partial charge in [0.25, 0.3) is 0 Å². The summed E-state index contributed by atoms with van der Waals surface area (Å²) < 4.78 is 1.72. The van der Waals surface area contributed by atoms with Crippen LogP contribution >= 0.6 is 11.6 Å². The summed E-state index contributed by atoms with van der Waals surface area (Å²) in [4.78, 5) is 4.71. The van der Waals surface area contributed by atoms with Crippen molar-refractivity contribution >= 4 is 22.8 Å². The maximum absolute atomic E-state index is 5.94. The maximum atomic E-state index is 5.94. The predicted octanol–water partition coefficient (Wildman–Crippen LogP) is 4.14. The van der Waals surface area contributed by atoms with Crippen LogP contribution in [0.5, 0.6) is 0 Å². The van der Waals surface area contributed by atoms with Crippen molar-refractivity contribution in [3.05, 3.63) is 71.8 Å². The molecule has 0 bridgehead atoms. The van der Waals surface area contributed by atoms with E-state index in [0.29, 0.717) is 5.02 Å². The number of pyridine rings is 1. The summed E-state index contributed by atoms with van der Waals surface area (Å²) in [7, 11) is 0. The number of halogens is 1. The maximum Gasteiger partial charge on any atom is 0.184 e. The smallest absolute Gasteiger partial charge is 0.184 e. The van der Waals surface area contributed by atoms with Crippen LogP contribution < -0.4 is 0 Å². The van der Waals surface area contributed by atoms with Gasteiger partial charge in [-0.05, 0) is 36.4 Å². The second kappa shape index (κ2) is 5.24. The second-order valence-electron chi connectivity index (χ2n) is 4.88. The summed E-state index contributed by atoms with van der Waals surface area (Å²) in [6, 6.07) is 21.4. The third kappa shape index (κ3) is 2.23. The molecule has 0 aliphatic carbocycles. The van der Waals surface area contributed by atoms with Gasteiger partial charge in [-0.1, -0.05) is 47.1 Å². The van der Waals surface area contributed by atoms with Crippen molar-refractivity contribution in [2.75, 3.05) is 0 Å². The van der Waals surface area contributed by atoms with Crippen molar-refractivity contribution in [1.29, 1.82) is 0 Å². The van der Waals surface area contributed by atoms with Gasteiger partial charge in [0.15, 0.2) is 5.65 Å². The Hall–Kier alpha value is -2.72. The van der Waals surface area contributed by atoms with Gasteiger partial charge in [0.1, 0.15) is 5.52 Å². The molecule has 5 heteroatoms. The lowest BCUT2D eigenvalue weighted by molar-refractivity contribution is 0.817. The molecule has 0 atom stereocenters. The Bertz CT molecular complexity index is 930. The first-order valence-electron chi connectivity index (χ1n) is 6.85. The Morgan fingerprint density at radius 1 is 0.818 bits per heavy atom. The van der Waals surface area contributed by atoms with Crippen molar-refractivity contribution < 1.29 is 0 Å². The van der Waals surface area contributed by atoms with Crippen molar-refractivity contribution in [3.63, 3.8) is 0 Å². The van der Waals surface area contributed by atoms with E-state index in [0.717, 1.165) is 28.1 Å². The van der Waals surface area contributed by atoms with Gasteiger partial charge in [-0.15, -0.1) is 5.10 Å². The quantitative estimate of drug-likeness (QED) is 0.559. The van der Waals surface area contributed by atoms with Crippen LogP contribution in [0.15, 0.2) is 66.7 Å². The summed E-state index contributed by atoms with van der Waals surface area (Å²) >= 11 is 5.94. The van der Waals surface area contributed by atoms with Crippen LogP contribution in [0.2, 0.25) is 5.02 Å². The van der Waals surface area contributed by atoms with Crippen LogP contribution in [0.25, 0.3) is 28.1 Å². The fourth-order valence-corrected chi connectivity index (χ4v) is 2.46. The monoisotopic (exact) mass is 306 g/mol. The molecule has 0 radical (unpaired) electrons. The number of hydrogen-bond acceptors (Lipinski definition) is 3. The number of benzene rings is 2. The van der Waals surface area contributed by atoms with Crippen LogP contribution in [0, 0.1) is 0 Å². The van der Waals surface area contributed by atoms with Gasteiger partial charge in [0.05, 0.1) is 11.4 Å². The molecule has 4 aromatic rings. The predicted molar refractivity (Wildman–Crippen MR) is 87.1 cm³/mol. The topological polar surface area (TPSA) is 43.6 Å². The Morgan fingerprint density at radius 3 is 2.36 bits per heavy atom. The zero-order valence-corrected chi connectivity index (χ0v) is 12.3. The molecule has 0 amide bonds. The molecule has 2 aromatic heterocycles. The molecule has 0 N–H and O–H groups in total. The summed E-state index contributed by atoms with van der Waals surface area (Å²) in [6.07, 6.45) is 0. The Balaban J connectivity index is 1.88. The van der Waals surface area contributed by atoms with E-state index in [4.69, 9.17) is 16.6 Å². The normalized spacial score (nSPS) is 11.0. The fourth-order valence-electron chi connectivity index (χ4n) is 2.34. The van der Waals surface area contributed by atoms with Crippen molar-refractivity contribution in [2.24, 2.45) is 0 Å². The molecule has 0 aliphatic rings. The van der Waals surface area contributed by atoms with Crippen LogP contribution in [-0.4, -0.2) is 20.0 Å². The van der Waals surface area contributed by atoms with E-state index in [2.05, 4.69) is 10.3 Å². The number of nitrogens with zero attached hydrogens (tertiary/aromatic N) is 4. The summed E-state index contributed by atoms with van der Waals surface area (Å²) in [5.41, 5.74) is 4.32. The first-order valence-corrected chi connectivity index (χ1v) is 7.23. The van der Waals surface area contributed by atoms with E-state index in [1.54, 1.807) is 4.68 Å². The highest BCUT2D eigenvalue weighted by atomic mass is 35.5. The molecule has 0 saturated heterocycles. The van der Waals surface area contributed by atoms with E-state index < -0.39 is 0 Å². The van der Waals surface area contributed by atoms with E-state index >= 15 is 0 Å². The van der Waals surface area contributed by atoms with Crippen LogP contribution in [0.3, 0.4) is 0 Å². The Morgan fingerprint density at radius 2 is 1.59 bits per heavy atom. The minimum Gasteiger partial charge on any atom is -0.226 e. The average molecular weight is 307 g/mol. The van der Waals surface area contributed by atoms with Gasteiger partial charge < -0.3 is 0 Å². The second-order valence-corrected chi connectivity index (χ2v) is 5.32. The number of hydrogen-bond donors (Lipinski definition) is 0. The SMILES string of the molecule is Clc1ccc(-n2nnc3ccc(-c4ccccc4)nc32)cc1. The standard InChI is InChI=1S/C17H11ClN4/c18-13-6-8-14(9-7-13)22-17-16(20-21-22)11-10-15(19-17)12-4-2-1-3-5-12/h1-11H.